The number of hydrogen-bond acceptors (Lipinski definition) is 6. The molecule has 6 nitrogen and oxygen atoms in total. The first kappa shape index (κ1) is 13.3. The van der Waals surface area contributed by atoms with Gasteiger partial charge in [0.2, 0.25) is 11.7 Å². The Kier molecular flexibility index (Phi) is 3.83. The van der Waals surface area contributed by atoms with Crippen molar-refractivity contribution in [2.75, 3.05) is 0 Å². The zero-order valence-electron chi connectivity index (χ0n) is 10.5. The minimum atomic E-state index is 0.563. The zero-order valence-corrected chi connectivity index (χ0v) is 12.9. The van der Waals surface area contributed by atoms with Crippen LogP contribution in [0.3, 0.4) is 0 Å². The predicted molar refractivity (Wildman–Crippen MR) is 78.0 cm³/mol. The second kappa shape index (κ2) is 5.76. The summed E-state index contributed by atoms with van der Waals surface area (Å²) < 4.78 is 8.07. The van der Waals surface area contributed by atoms with Gasteiger partial charge in [-0.25, -0.2) is 0 Å². The SMILES string of the molecule is Cn1cnnc1SCc1nc(-c2cccc(Br)c2)no1. The van der Waals surface area contributed by atoms with E-state index in [9.17, 15) is 0 Å². The summed E-state index contributed by atoms with van der Waals surface area (Å²) in [5.41, 5.74) is 0.915. The summed E-state index contributed by atoms with van der Waals surface area (Å²) in [6.45, 7) is 0. The van der Waals surface area contributed by atoms with E-state index in [1.165, 1.54) is 11.8 Å². The second-order valence-electron chi connectivity index (χ2n) is 4.04. The van der Waals surface area contributed by atoms with Crippen LogP contribution in [-0.4, -0.2) is 24.9 Å². The van der Waals surface area contributed by atoms with Crippen LogP contribution >= 0.6 is 27.7 Å². The quantitative estimate of drug-likeness (QED) is 0.673. The van der Waals surface area contributed by atoms with E-state index < -0.39 is 0 Å². The van der Waals surface area contributed by atoms with E-state index in [-0.39, 0.29) is 0 Å². The molecule has 0 aliphatic carbocycles. The Hall–Kier alpha value is -1.67. The number of rotatable bonds is 4. The molecule has 3 aromatic rings. The van der Waals surface area contributed by atoms with E-state index >= 15 is 0 Å². The highest BCUT2D eigenvalue weighted by Gasteiger charge is 2.10. The van der Waals surface area contributed by atoms with Gasteiger partial charge in [0, 0.05) is 17.1 Å². The Labute approximate surface area is 127 Å². The molecule has 8 heteroatoms. The topological polar surface area (TPSA) is 69.6 Å². The number of aromatic nitrogens is 5. The van der Waals surface area contributed by atoms with Crippen molar-refractivity contribution in [3.05, 3.63) is 41.0 Å². The molecule has 20 heavy (non-hydrogen) atoms. The van der Waals surface area contributed by atoms with Gasteiger partial charge >= 0.3 is 0 Å². The maximum Gasteiger partial charge on any atom is 0.237 e. The maximum atomic E-state index is 5.24. The minimum Gasteiger partial charge on any atom is -0.338 e. The lowest BCUT2D eigenvalue weighted by molar-refractivity contribution is 0.391. The van der Waals surface area contributed by atoms with E-state index in [1.54, 1.807) is 6.33 Å². The standard InChI is InChI=1S/C12H10BrN5OS/c1-18-7-14-16-12(18)20-6-10-15-11(17-19-10)8-3-2-4-9(13)5-8/h2-5,7H,6H2,1H3. The van der Waals surface area contributed by atoms with Gasteiger partial charge in [-0.1, -0.05) is 45.0 Å². The summed E-state index contributed by atoms with van der Waals surface area (Å²) in [4.78, 5) is 4.37. The Morgan fingerprint density at radius 1 is 1.40 bits per heavy atom. The van der Waals surface area contributed by atoms with Crippen LogP contribution in [0.5, 0.6) is 0 Å². The molecule has 0 bridgehead atoms. The van der Waals surface area contributed by atoms with Crippen molar-refractivity contribution >= 4 is 27.7 Å². The first-order valence-corrected chi connectivity index (χ1v) is 7.55. The molecule has 0 unspecified atom stereocenters. The zero-order chi connectivity index (χ0) is 13.9. The highest BCUT2D eigenvalue weighted by Crippen LogP contribution is 2.23. The van der Waals surface area contributed by atoms with Crippen LogP contribution < -0.4 is 0 Å². The smallest absolute Gasteiger partial charge is 0.237 e. The van der Waals surface area contributed by atoms with Crippen LogP contribution in [0.1, 0.15) is 5.89 Å². The van der Waals surface area contributed by atoms with Gasteiger partial charge in [0.05, 0.1) is 5.75 Å². The largest absolute Gasteiger partial charge is 0.338 e. The fraction of sp³-hybridized carbons (Fsp3) is 0.167. The molecule has 0 fully saturated rings. The first-order chi connectivity index (χ1) is 9.72. The molecule has 3 rings (SSSR count). The average Bonchev–Trinajstić information content (AvgIpc) is 3.05. The third-order valence-electron chi connectivity index (χ3n) is 2.55. The van der Waals surface area contributed by atoms with Gasteiger partial charge in [-0.05, 0) is 12.1 Å². The monoisotopic (exact) mass is 351 g/mol. The van der Waals surface area contributed by atoms with Gasteiger partial charge in [-0.3, -0.25) is 0 Å². The van der Waals surface area contributed by atoms with Gasteiger partial charge < -0.3 is 9.09 Å². The summed E-state index contributed by atoms with van der Waals surface area (Å²) in [6, 6.07) is 7.78. The third-order valence-corrected chi connectivity index (χ3v) is 4.06. The molecular weight excluding hydrogens is 342 g/mol. The van der Waals surface area contributed by atoms with E-state index in [0.717, 1.165) is 15.2 Å². The van der Waals surface area contributed by atoms with E-state index in [1.807, 2.05) is 35.9 Å². The minimum absolute atomic E-state index is 0.563. The van der Waals surface area contributed by atoms with Crippen molar-refractivity contribution in [2.24, 2.45) is 7.05 Å². The van der Waals surface area contributed by atoms with Gasteiger partial charge in [0.1, 0.15) is 6.33 Å². The molecule has 0 aliphatic rings. The van der Waals surface area contributed by atoms with E-state index in [0.29, 0.717) is 17.5 Å². The highest BCUT2D eigenvalue weighted by molar-refractivity contribution is 9.10. The van der Waals surface area contributed by atoms with Crippen molar-refractivity contribution < 1.29 is 4.52 Å². The lowest BCUT2D eigenvalue weighted by atomic mass is 10.2. The van der Waals surface area contributed by atoms with Crippen LogP contribution in [0.2, 0.25) is 0 Å². The summed E-state index contributed by atoms with van der Waals surface area (Å²) >= 11 is 4.93. The fourth-order valence-electron chi connectivity index (χ4n) is 1.59. The van der Waals surface area contributed by atoms with Crippen molar-refractivity contribution in [1.29, 1.82) is 0 Å². The third kappa shape index (κ3) is 2.91. The number of hydrogen-bond donors (Lipinski definition) is 0. The van der Waals surface area contributed by atoms with Crippen molar-refractivity contribution in [3.8, 4) is 11.4 Å². The van der Waals surface area contributed by atoms with Crippen LogP contribution in [0.4, 0.5) is 0 Å². The fourth-order valence-corrected chi connectivity index (χ4v) is 2.71. The van der Waals surface area contributed by atoms with Crippen molar-refractivity contribution in [3.63, 3.8) is 0 Å². The molecule has 0 aliphatic heterocycles. The van der Waals surface area contributed by atoms with Crippen LogP contribution in [0.15, 0.2) is 44.7 Å². The Morgan fingerprint density at radius 3 is 3.05 bits per heavy atom. The summed E-state index contributed by atoms with van der Waals surface area (Å²) in [5, 5.41) is 12.6. The molecule has 0 saturated heterocycles. The molecule has 2 heterocycles. The lowest BCUT2D eigenvalue weighted by Gasteiger charge is -1.96. The molecule has 0 atom stereocenters. The second-order valence-corrected chi connectivity index (χ2v) is 5.89. The molecule has 0 N–H and O–H groups in total. The van der Waals surface area contributed by atoms with Gasteiger partial charge in [-0.2, -0.15) is 4.98 Å². The molecule has 0 spiro atoms. The van der Waals surface area contributed by atoms with E-state index in [4.69, 9.17) is 4.52 Å². The number of thioether (sulfide) groups is 1. The number of aryl methyl sites for hydroxylation is 1. The molecular formula is C12H10BrN5OS. The van der Waals surface area contributed by atoms with Crippen LogP contribution in [0, 0.1) is 0 Å². The van der Waals surface area contributed by atoms with Gasteiger partial charge in [0.15, 0.2) is 5.16 Å². The Morgan fingerprint density at radius 2 is 2.30 bits per heavy atom. The maximum absolute atomic E-state index is 5.24. The normalized spacial score (nSPS) is 10.9. The molecule has 0 radical (unpaired) electrons. The summed E-state index contributed by atoms with van der Waals surface area (Å²) in [7, 11) is 1.89. The van der Waals surface area contributed by atoms with Gasteiger partial charge in [-0.15, -0.1) is 10.2 Å². The summed E-state index contributed by atoms with van der Waals surface area (Å²) in [6.07, 6.45) is 1.66. The lowest BCUT2D eigenvalue weighted by Crippen LogP contribution is -1.90. The Bertz CT molecular complexity index is 726. The van der Waals surface area contributed by atoms with Crippen molar-refractivity contribution in [2.45, 2.75) is 10.9 Å². The molecule has 1 aromatic carbocycles. The number of nitrogens with zero attached hydrogens (tertiary/aromatic N) is 5. The Balaban J connectivity index is 1.72. The number of benzene rings is 1. The van der Waals surface area contributed by atoms with Crippen molar-refractivity contribution in [1.82, 2.24) is 24.9 Å². The van der Waals surface area contributed by atoms with E-state index in [2.05, 4.69) is 36.3 Å². The molecule has 2 aromatic heterocycles. The predicted octanol–water partition coefficient (Wildman–Crippen LogP) is 2.92. The highest BCUT2D eigenvalue weighted by atomic mass is 79.9. The first-order valence-electron chi connectivity index (χ1n) is 5.78. The van der Waals surface area contributed by atoms with Gasteiger partial charge in [0.25, 0.3) is 0 Å². The molecule has 102 valence electrons. The average molecular weight is 352 g/mol. The van der Waals surface area contributed by atoms with Crippen LogP contribution in [0.25, 0.3) is 11.4 Å². The number of halogens is 1. The molecule has 0 saturated carbocycles. The van der Waals surface area contributed by atoms with Crippen LogP contribution in [-0.2, 0) is 12.8 Å². The summed E-state index contributed by atoms with van der Waals surface area (Å²) in [5.74, 6) is 1.71. The molecule has 0 amide bonds.